The Kier molecular flexibility index (Phi) is 3.03. The smallest absolute Gasteiger partial charge is 0.173 e. The topological polar surface area (TPSA) is 55.6 Å². The zero-order valence-electron chi connectivity index (χ0n) is 10.1. The van der Waals surface area contributed by atoms with Gasteiger partial charge in [-0.15, -0.1) is 0 Å². The van der Waals surface area contributed by atoms with Crippen molar-refractivity contribution in [2.24, 2.45) is 0 Å². The highest BCUT2D eigenvalue weighted by Gasteiger charge is 2.26. The number of nitrogens with zero attached hydrogens (tertiary/aromatic N) is 4. The van der Waals surface area contributed by atoms with E-state index in [0.717, 1.165) is 28.3 Å². The normalized spacial score (nSPS) is 14.8. The summed E-state index contributed by atoms with van der Waals surface area (Å²) in [5, 5.41) is 7.76. The summed E-state index contributed by atoms with van der Waals surface area (Å²) in [4.78, 5) is 8.49. The van der Waals surface area contributed by atoms with E-state index in [9.17, 15) is 0 Å². The number of nitrogens with one attached hydrogen (secondary N) is 1. The first-order valence-electron chi connectivity index (χ1n) is 6.10. The summed E-state index contributed by atoms with van der Waals surface area (Å²) in [5.74, 6) is 2.22. The van der Waals surface area contributed by atoms with Crippen molar-refractivity contribution in [2.45, 2.75) is 25.7 Å². The maximum absolute atomic E-state index is 4.57. The van der Waals surface area contributed by atoms with Crippen molar-refractivity contribution in [3.05, 3.63) is 28.8 Å². The molecule has 0 aliphatic heterocycles. The van der Waals surface area contributed by atoms with E-state index in [1.54, 1.807) is 11.0 Å². The van der Waals surface area contributed by atoms with Crippen LogP contribution in [0.15, 0.2) is 23.1 Å². The van der Waals surface area contributed by atoms with Crippen molar-refractivity contribution in [1.82, 2.24) is 19.7 Å². The van der Waals surface area contributed by atoms with Gasteiger partial charge in [0.05, 0.1) is 5.69 Å². The summed E-state index contributed by atoms with van der Waals surface area (Å²) < 4.78 is 2.65. The number of rotatable bonds is 4. The van der Waals surface area contributed by atoms with Crippen LogP contribution >= 0.6 is 15.9 Å². The van der Waals surface area contributed by atoms with E-state index in [1.807, 2.05) is 13.1 Å². The van der Waals surface area contributed by atoms with Gasteiger partial charge in [-0.3, -0.25) is 0 Å². The van der Waals surface area contributed by atoms with Crippen LogP contribution in [0.25, 0.3) is 5.82 Å². The molecule has 1 N–H and O–H groups in total. The molecule has 5 nitrogen and oxygen atoms in total. The maximum Gasteiger partial charge on any atom is 0.173 e. The fourth-order valence-electron chi connectivity index (χ4n) is 1.86. The van der Waals surface area contributed by atoms with Crippen LogP contribution in [0.5, 0.6) is 0 Å². The lowest BCUT2D eigenvalue weighted by Gasteiger charge is -2.08. The minimum absolute atomic E-state index is 0.653. The van der Waals surface area contributed by atoms with Gasteiger partial charge in [-0.25, -0.2) is 14.6 Å². The van der Waals surface area contributed by atoms with E-state index in [1.165, 1.54) is 12.8 Å². The molecule has 1 saturated carbocycles. The average molecular weight is 308 g/mol. The first-order valence-corrected chi connectivity index (χ1v) is 6.89. The highest BCUT2D eigenvalue weighted by Crippen LogP contribution is 2.39. The van der Waals surface area contributed by atoms with Gasteiger partial charge in [0.25, 0.3) is 0 Å². The third-order valence-corrected chi connectivity index (χ3v) is 3.67. The Bertz CT molecular complexity index is 561. The van der Waals surface area contributed by atoms with Crippen LogP contribution < -0.4 is 5.32 Å². The molecule has 2 heterocycles. The molecule has 0 amide bonds. The summed E-state index contributed by atoms with van der Waals surface area (Å²) >= 11 is 3.53. The van der Waals surface area contributed by atoms with Gasteiger partial charge in [0, 0.05) is 18.7 Å². The van der Waals surface area contributed by atoms with E-state index >= 15 is 0 Å². The number of hydrogen-bond acceptors (Lipinski definition) is 4. The molecule has 18 heavy (non-hydrogen) atoms. The molecule has 0 saturated heterocycles. The second kappa shape index (κ2) is 4.68. The lowest BCUT2D eigenvalue weighted by Crippen LogP contribution is -2.06. The van der Waals surface area contributed by atoms with Gasteiger partial charge in [-0.1, -0.05) is 0 Å². The molecule has 2 aromatic rings. The first kappa shape index (κ1) is 11.6. The molecule has 0 bridgehead atoms. The molecule has 2 aromatic heterocycles. The maximum atomic E-state index is 4.57. The van der Waals surface area contributed by atoms with Gasteiger partial charge in [0.15, 0.2) is 5.82 Å². The Hall–Kier alpha value is -1.43. The number of aromatic nitrogens is 4. The summed E-state index contributed by atoms with van der Waals surface area (Å²) in [6.07, 6.45) is 6.02. The molecule has 0 radical (unpaired) electrons. The quantitative estimate of drug-likeness (QED) is 0.943. The molecule has 1 fully saturated rings. The number of anilines is 1. The lowest BCUT2D eigenvalue weighted by atomic mass is 10.3. The Morgan fingerprint density at radius 2 is 2.28 bits per heavy atom. The molecule has 0 atom stereocenters. The molecule has 3 rings (SSSR count). The molecule has 0 unspecified atom stereocenters. The number of halogens is 1. The van der Waals surface area contributed by atoms with Gasteiger partial charge in [0.2, 0.25) is 0 Å². The van der Waals surface area contributed by atoms with Crippen molar-refractivity contribution in [2.75, 3.05) is 11.9 Å². The second-order valence-corrected chi connectivity index (χ2v) is 5.14. The van der Waals surface area contributed by atoms with Gasteiger partial charge in [0.1, 0.15) is 16.6 Å². The summed E-state index contributed by atoms with van der Waals surface area (Å²) in [6, 6.07) is 2.07. The van der Waals surface area contributed by atoms with E-state index in [-0.39, 0.29) is 0 Å². The highest BCUT2D eigenvalue weighted by molar-refractivity contribution is 9.10. The third kappa shape index (κ3) is 2.12. The van der Waals surface area contributed by atoms with Crippen molar-refractivity contribution in [1.29, 1.82) is 0 Å². The van der Waals surface area contributed by atoms with Crippen LogP contribution in [0.4, 0.5) is 5.82 Å². The predicted molar refractivity (Wildman–Crippen MR) is 73.0 cm³/mol. The van der Waals surface area contributed by atoms with Crippen molar-refractivity contribution in [3.8, 4) is 5.82 Å². The molecule has 1 aliphatic carbocycles. The van der Waals surface area contributed by atoms with Crippen LogP contribution in [-0.2, 0) is 0 Å². The van der Waals surface area contributed by atoms with Crippen LogP contribution in [0, 0.1) is 0 Å². The average Bonchev–Trinajstić information content (AvgIpc) is 3.11. The summed E-state index contributed by atoms with van der Waals surface area (Å²) in [7, 11) is 0. The zero-order chi connectivity index (χ0) is 12.5. The van der Waals surface area contributed by atoms with Crippen LogP contribution in [-0.4, -0.2) is 26.3 Å². The molecular weight excluding hydrogens is 294 g/mol. The SMILES string of the molecule is CCNc1ncnc(-n2ccc(C3CC3)n2)c1Br. The third-order valence-electron chi connectivity index (χ3n) is 2.94. The van der Waals surface area contributed by atoms with Gasteiger partial charge >= 0.3 is 0 Å². The van der Waals surface area contributed by atoms with Crippen molar-refractivity contribution in [3.63, 3.8) is 0 Å². The fraction of sp³-hybridized carbons (Fsp3) is 0.417. The Balaban J connectivity index is 1.96. The van der Waals surface area contributed by atoms with E-state index in [4.69, 9.17) is 0 Å². The molecule has 1 aliphatic rings. The van der Waals surface area contributed by atoms with E-state index in [0.29, 0.717) is 5.92 Å². The standard InChI is InChI=1S/C12H14BrN5/c1-2-14-11-10(13)12(16-7-15-11)18-6-5-9(17-18)8-3-4-8/h5-8H,2-4H2,1H3,(H,14,15,16). The fourth-order valence-corrected chi connectivity index (χ4v) is 2.39. The lowest BCUT2D eigenvalue weighted by molar-refractivity contribution is 0.803. The number of hydrogen-bond donors (Lipinski definition) is 1. The largest absolute Gasteiger partial charge is 0.369 e. The first-order chi connectivity index (χ1) is 8.79. The minimum atomic E-state index is 0.653. The Labute approximate surface area is 114 Å². The molecule has 6 heteroatoms. The predicted octanol–water partition coefficient (Wildman–Crippen LogP) is 2.73. The summed E-state index contributed by atoms with van der Waals surface area (Å²) in [5.41, 5.74) is 1.16. The van der Waals surface area contributed by atoms with Gasteiger partial charge in [-0.2, -0.15) is 5.10 Å². The van der Waals surface area contributed by atoms with Crippen LogP contribution in [0.1, 0.15) is 31.4 Å². The van der Waals surface area contributed by atoms with Crippen LogP contribution in [0.2, 0.25) is 0 Å². The van der Waals surface area contributed by atoms with Crippen molar-refractivity contribution < 1.29 is 0 Å². The Morgan fingerprint density at radius 3 is 3.00 bits per heavy atom. The minimum Gasteiger partial charge on any atom is -0.369 e. The Morgan fingerprint density at radius 1 is 1.44 bits per heavy atom. The molecule has 94 valence electrons. The van der Waals surface area contributed by atoms with Crippen molar-refractivity contribution >= 4 is 21.7 Å². The summed E-state index contributed by atoms with van der Waals surface area (Å²) in [6.45, 7) is 2.86. The monoisotopic (exact) mass is 307 g/mol. The molecule has 0 aromatic carbocycles. The molecular formula is C12H14BrN5. The van der Waals surface area contributed by atoms with Crippen LogP contribution in [0.3, 0.4) is 0 Å². The van der Waals surface area contributed by atoms with E-state index in [2.05, 4.69) is 42.4 Å². The van der Waals surface area contributed by atoms with Gasteiger partial charge in [-0.05, 0) is 41.8 Å². The zero-order valence-corrected chi connectivity index (χ0v) is 11.7. The van der Waals surface area contributed by atoms with E-state index < -0.39 is 0 Å². The van der Waals surface area contributed by atoms with Gasteiger partial charge < -0.3 is 5.32 Å². The molecule has 0 spiro atoms. The highest BCUT2D eigenvalue weighted by atomic mass is 79.9. The second-order valence-electron chi connectivity index (χ2n) is 4.35.